The summed E-state index contributed by atoms with van der Waals surface area (Å²) in [5, 5.41) is 4.49. The number of thiophene rings is 1. The molecule has 0 saturated heterocycles. The van der Waals surface area contributed by atoms with E-state index in [4.69, 9.17) is 9.47 Å². The second kappa shape index (κ2) is 9.64. The minimum atomic E-state index is -3.60. The molecule has 3 aromatic rings. The summed E-state index contributed by atoms with van der Waals surface area (Å²) < 4.78 is 37.3. The number of carbonyl (C=O) groups is 1. The third-order valence-electron chi connectivity index (χ3n) is 4.30. The highest BCUT2D eigenvalue weighted by atomic mass is 32.2. The summed E-state index contributed by atoms with van der Waals surface area (Å²) in [6.07, 6.45) is 0. The number of hydrogen-bond donors (Lipinski definition) is 1. The minimum Gasteiger partial charge on any atom is -0.497 e. The lowest BCUT2D eigenvalue weighted by Gasteiger charge is -2.18. The summed E-state index contributed by atoms with van der Waals surface area (Å²) in [4.78, 5) is 12.3. The molecule has 0 aliphatic rings. The monoisotopic (exact) mass is 446 g/mol. The van der Waals surface area contributed by atoms with Crippen molar-refractivity contribution < 1.29 is 22.7 Å². The average Bonchev–Trinajstić information content (AvgIpc) is 3.32. The van der Waals surface area contributed by atoms with E-state index < -0.39 is 10.0 Å². The topological polar surface area (TPSA) is 84.9 Å². The minimum absolute atomic E-state index is 0.264. The lowest BCUT2D eigenvalue weighted by Crippen LogP contribution is -2.28. The number of nitrogens with zero attached hydrogens (tertiary/aromatic N) is 1. The van der Waals surface area contributed by atoms with Gasteiger partial charge in [0.25, 0.3) is 15.9 Å². The highest BCUT2D eigenvalue weighted by Gasteiger charge is 2.22. The van der Waals surface area contributed by atoms with Crippen LogP contribution in [0.3, 0.4) is 0 Å². The van der Waals surface area contributed by atoms with Crippen molar-refractivity contribution in [3.8, 4) is 11.5 Å². The molecule has 0 fully saturated rings. The van der Waals surface area contributed by atoms with Crippen LogP contribution in [-0.2, 0) is 10.0 Å². The predicted octanol–water partition coefficient (Wildman–Crippen LogP) is 3.39. The maximum atomic E-state index is 12.6. The Labute approximate surface area is 179 Å². The van der Waals surface area contributed by atoms with Crippen LogP contribution in [0.15, 0.2) is 70.3 Å². The molecular weight excluding hydrogens is 424 g/mol. The van der Waals surface area contributed by atoms with Crippen LogP contribution in [0.2, 0.25) is 0 Å². The van der Waals surface area contributed by atoms with Crippen LogP contribution >= 0.6 is 11.3 Å². The number of sulfonamides is 1. The molecule has 3 rings (SSSR count). The summed E-state index contributed by atoms with van der Waals surface area (Å²) in [6, 6.07) is 16.9. The second-order valence-electron chi connectivity index (χ2n) is 6.23. The molecule has 0 radical (unpaired) electrons. The zero-order chi connectivity index (χ0) is 21.6. The Hall–Kier alpha value is -3.04. The molecule has 1 aromatic heterocycles. The van der Waals surface area contributed by atoms with Crippen molar-refractivity contribution in [1.82, 2.24) is 5.32 Å². The fraction of sp³-hybridized carbons (Fsp3) is 0.190. The second-order valence-corrected chi connectivity index (χ2v) is 9.38. The molecular formula is C21H22N2O5S2. The van der Waals surface area contributed by atoms with E-state index in [0.717, 1.165) is 11.3 Å². The smallest absolute Gasteiger partial charge is 0.273 e. The van der Waals surface area contributed by atoms with Gasteiger partial charge in [-0.3, -0.25) is 9.10 Å². The van der Waals surface area contributed by atoms with Gasteiger partial charge in [-0.2, -0.15) is 0 Å². The van der Waals surface area contributed by atoms with Gasteiger partial charge in [-0.25, -0.2) is 8.42 Å². The Morgan fingerprint density at radius 3 is 2.47 bits per heavy atom. The lowest BCUT2D eigenvalue weighted by atomic mass is 10.2. The Balaban J connectivity index is 1.53. The molecule has 2 aromatic carbocycles. The molecule has 30 heavy (non-hydrogen) atoms. The van der Waals surface area contributed by atoms with E-state index in [2.05, 4.69) is 5.32 Å². The Kier molecular flexibility index (Phi) is 6.96. The largest absolute Gasteiger partial charge is 0.497 e. The third-order valence-corrected chi connectivity index (χ3v) is 7.46. The SMILES string of the molecule is COc1cccc(OCCNC(=O)c2ccc(N(C)S(=O)(=O)c3cccs3)cc2)c1. The number of benzene rings is 2. The van der Waals surface area contributed by atoms with Gasteiger partial charge >= 0.3 is 0 Å². The van der Waals surface area contributed by atoms with Crippen LogP contribution in [0.1, 0.15) is 10.4 Å². The van der Waals surface area contributed by atoms with E-state index >= 15 is 0 Å². The first-order valence-electron chi connectivity index (χ1n) is 9.09. The van der Waals surface area contributed by atoms with E-state index in [-0.39, 0.29) is 10.1 Å². The van der Waals surface area contributed by atoms with E-state index in [9.17, 15) is 13.2 Å². The Morgan fingerprint density at radius 1 is 1.07 bits per heavy atom. The number of amides is 1. The summed E-state index contributed by atoms with van der Waals surface area (Å²) in [6.45, 7) is 0.628. The number of rotatable bonds is 9. The molecule has 158 valence electrons. The molecule has 0 atom stereocenters. The van der Waals surface area contributed by atoms with Gasteiger partial charge in [0.15, 0.2) is 0 Å². The van der Waals surface area contributed by atoms with Crippen LogP contribution in [0.5, 0.6) is 11.5 Å². The van der Waals surface area contributed by atoms with Crippen molar-refractivity contribution in [2.24, 2.45) is 0 Å². The molecule has 9 heteroatoms. The molecule has 0 unspecified atom stereocenters. The van der Waals surface area contributed by atoms with Gasteiger partial charge in [0.2, 0.25) is 0 Å². The summed E-state index contributed by atoms with van der Waals surface area (Å²) in [5.74, 6) is 1.09. The summed E-state index contributed by atoms with van der Waals surface area (Å²) in [5.41, 5.74) is 0.906. The number of hydrogen-bond acceptors (Lipinski definition) is 6. The summed E-state index contributed by atoms with van der Waals surface area (Å²) >= 11 is 1.16. The molecule has 0 aliphatic heterocycles. The Morgan fingerprint density at radius 2 is 1.80 bits per heavy atom. The average molecular weight is 447 g/mol. The molecule has 0 bridgehead atoms. The standard InChI is InChI=1S/C21H22N2O5S2/c1-23(30(25,26)20-7-4-14-29-20)17-10-8-16(9-11-17)21(24)22-12-13-28-19-6-3-5-18(15-19)27-2/h3-11,14-15H,12-13H2,1-2H3,(H,22,24). The van der Waals surface area contributed by atoms with Crippen LogP contribution in [0.25, 0.3) is 0 Å². The first kappa shape index (κ1) is 21.7. The van der Waals surface area contributed by atoms with Crippen molar-refractivity contribution >= 4 is 33.0 Å². The van der Waals surface area contributed by atoms with E-state index in [1.165, 1.54) is 11.4 Å². The molecule has 7 nitrogen and oxygen atoms in total. The Bertz CT molecular complexity index is 1080. The maximum Gasteiger partial charge on any atom is 0.273 e. The fourth-order valence-corrected chi connectivity index (χ4v) is 4.99. The number of methoxy groups -OCH3 is 1. The highest BCUT2D eigenvalue weighted by Crippen LogP contribution is 2.25. The lowest BCUT2D eigenvalue weighted by molar-refractivity contribution is 0.0947. The molecule has 1 amide bonds. The number of ether oxygens (including phenoxy) is 2. The third kappa shape index (κ3) is 5.11. The van der Waals surface area contributed by atoms with Crippen molar-refractivity contribution in [3.05, 3.63) is 71.6 Å². The van der Waals surface area contributed by atoms with E-state index in [1.54, 1.807) is 55.0 Å². The highest BCUT2D eigenvalue weighted by molar-refractivity contribution is 7.94. The van der Waals surface area contributed by atoms with Crippen LogP contribution < -0.4 is 19.1 Å². The van der Waals surface area contributed by atoms with Crippen LogP contribution in [0.4, 0.5) is 5.69 Å². The molecule has 0 aliphatic carbocycles. The van der Waals surface area contributed by atoms with E-state index in [1.807, 2.05) is 18.2 Å². The number of nitrogens with one attached hydrogen (secondary N) is 1. The van der Waals surface area contributed by atoms with Gasteiger partial charge < -0.3 is 14.8 Å². The van der Waals surface area contributed by atoms with Crippen LogP contribution in [0, 0.1) is 0 Å². The maximum absolute atomic E-state index is 12.6. The molecule has 1 N–H and O–H groups in total. The van der Waals surface area contributed by atoms with Gasteiger partial charge in [0, 0.05) is 18.7 Å². The zero-order valence-corrected chi connectivity index (χ0v) is 18.2. The summed E-state index contributed by atoms with van der Waals surface area (Å²) in [7, 11) is -0.536. The van der Waals surface area contributed by atoms with Crippen molar-refractivity contribution in [1.29, 1.82) is 0 Å². The van der Waals surface area contributed by atoms with Gasteiger partial charge in [0.05, 0.1) is 19.3 Å². The first-order chi connectivity index (χ1) is 14.4. The number of anilines is 1. The van der Waals surface area contributed by atoms with Crippen molar-refractivity contribution in [3.63, 3.8) is 0 Å². The normalized spacial score (nSPS) is 11.0. The van der Waals surface area contributed by atoms with Gasteiger partial charge in [0.1, 0.15) is 22.3 Å². The van der Waals surface area contributed by atoms with Gasteiger partial charge in [-0.15, -0.1) is 11.3 Å². The predicted molar refractivity (Wildman–Crippen MR) is 117 cm³/mol. The molecule has 0 spiro atoms. The van der Waals surface area contributed by atoms with E-state index in [0.29, 0.717) is 35.9 Å². The van der Waals surface area contributed by atoms with Gasteiger partial charge in [-0.1, -0.05) is 12.1 Å². The first-order valence-corrected chi connectivity index (χ1v) is 11.4. The zero-order valence-electron chi connectivity index (χ0n) is 16.6. The van der Waals surface area contributed by atoms with Crippen molar-refractivity contribution in [2.75, 3.05) is 31.6 Å². The quantitative estimate of drug-likeness (QED) is 0.510. The number of carbonyl (C=O) groups excluding carboxylic acids is 1. The molecule has 0 saturated carbocycles. The van der Waals surface area contributed by atoms with Crippen LogP contribution in [-0.4, -0.2) is 41.6 Å². The fourth-order valence-electron chi connectivity index (χ4n) is 2.63. The van der Waals surface area contributed by atoms with Gasteiger partial charge in [-0.05, 0) is 47.8 Å². The molecule has 1 heterocycles. The van der Waals surface area contributed by atoms with Crippen molar-refractivity contribution in [2.45, 2.75) is 4.21 Å².